The molecule has 0 saturated carbocycles. The maximum atomic E-state index is 11.0. The van der Waals surface area contributed by atoms with Crippen LogP contribution >= 0.6 is 0 Å². The SMILES string of the molecule is CNS(=O)(=O)NC(CC(C)C)C(=O)O. The molecule has 1 atom stereocenters. The third kappa shape index (κ3) is 5.15. The lowest BCUT2D eigenvalue weighted by atomic mass is 10.1. The average molecular weight is 224 g/mol. The highest BCUT2D eigenvalue weighted by molar-refractivity contribution is 7.87. The molecular weight excluding hydrogens is 208 g/mol. The third-order valence-electron chi connectivity index (χ3n) is 1.57. The zero-order valence-electron chi connectivity index (χ0n) is 8.44. The molecular formula is C7H16N2O4S. The maximum absolute atomic E-state index is 11.0. The maximum Gasteiger partial charge on any atom is 0.321 e. The highest BCUT2D eigenvalue weighted by atomic mass is 32.2. The van der Waals surface area contributed by atoms with Crippen LogP contribution in [0.3, 0.4) is 0 Å². The van der Waals surface area contributed by atoms with Crippen LogP contribution in [0, 0.1) is 5.92 Å². The van der Waals surface area contributed by atoms with Gasteiger partial charge in [-0.1, -0.05) is 13.8 Å². The molecule has 0 aliphatic rings. The lowest BCUT2D eigenvalue weighted by Crippen LogP contribution is -2.45. The predicted molar refractivity (Wildman–Crippen MR) is 52.0 cm³/mol. The van der Waals surface area contributed by atoms with Crippen LogP contribution in [0.4, 0.5) is 0 Å². The second-order valence-electron chi connectivity index (χ2n) is 3.35. The lowest BCUT2D eigenvalue weighted by Gasteiger charge is -2.15. The van der Waals surface area contributed by atoms with E-state index in [-0.39, 0.29) is 12.3 Å². The number of carboxylic acids is 1. The first-order valence-corrected chi connectivity index (χ1v) is 5.70. The van der Waals surface area contributed by atoms with Crippen molar-refractivity contribution in [3.63, 3.8) is 0 Å². The van der Waals surface area contributed by atoms with Crippen LogP contribution in [0.2, 0.25) is 0 Å². The molecule has 0 aromatic carbocycles. The minimum atomic E-state index is -3.69. The number of hydrogen-bond acceptors (Lipinski definition) is 3. The van der Waals surface area contributed by atoms with Crippen molar-refractivity contribution in [1.29, 1.82) is 0 Å². The zero-order chi connectivity index (χ0) is 11.4. The Labute approximate surface area is 83.9 Å². The van der Waals surface area contributed by atoms with Gasteiger partial charge in [-0.15, -0.1) is 0 Å². The van der Waals surface area contributed by atoms with E-state index in [4.69, 9.17) is 5.11 Å². The van der Waals surface area contributed by atoms with Crippen molar-refractivity contribution in [2.24, 2.45) is 5.92 Å². The Morgan fingerprint density at radius 1 is 1.43 bits per heavy atom. The molecule has 84 valence electrons. The second-order valence-corrected chi connectivity index (χ2v) is 5.00. The summed E-state index contributed by atoms with van der Waals surface area (Å²) in [6.45, 7) is 3.65. The van der Waals surface area contributed by atoms with Gasteiger partial charge in [0.05, 0.1) is 0 Å². The molecule has 14 heavy (non-hydrogen) atoms. The summed E-state index contributed by atoms with van der Waals surface area (Å²) in [4.78, 5) is 10.7. The van der Waals surface area contributed by atoms with E-state index >= 15 is 0 Å². The molecule has 0 aliphatic carbocycles. The smallest absolute Gasteiger partial charge is 0.321 e. The molecule has 1 unspecified atom stereocenters. The van der Waals surface area contributed by atoms with Gasteiger partial charge in [0.1, 0.15) is 6.04 Å². The Balaban J connectivity index is 4.46. The van der Waals surface area contributed by atoms with Gasteiger partial charge in [-0.2, -0.15) is 13.1 Å². The first-order chi connectivity index (χ1) is 6.28. The normalized spacial score (nSPS) is 14.3. The fourth-order valence-electron chi connectivity index (χ4n) is 0.917. The third-order valence-corrected chi connectivity index (χ3v) is 2.70. The first-order valence-electron chi connectivity index (χ1n) is 4.22. The van der Waals surface area contributed by atoms with Gasteiger partial charge in [0.15, 0.2) is 0 Å². The van der Waals surface area contributed by atoms with Crippen LogP contribution in [0.5, 0.6) is 0 Å². The summed E-state index contributed by atoms with van der Waals surface area (Å²) in [5.74, 6) is -1.06. The van der Waals surface area contributed by atoms with Gasteiger partial charge in [-0.05, 0) is 12.3 Å². The minimum absolute atomic E-state index is 0.107. The van der Waals surface area contributed by atoms with Crippen molar-refractivity contribution in [3.05, 3.63) is 0 Å². The summed E-state index contributed by atoms with van der Waals surface area (Å²) >= 11 is 0. The van der Waals surface area contributed by atoms with Crippen molar-refractivity contribution in [3.8, 4) is 0 Å². The first kappa shape index (κ1) is 13.3. The quantitative estimate of drug-likeness (QED) is 0.569. The van der Waals surface area contributed by atoms with Crippen molar-refractivity contribution < 1.29 is 18.3 Å². The van der Waals surface area contributed by atoms with Crippen molar-refractivity contribution >= 4 is 16.2 Å². The van der Waals surface area contributed by atoms with E-state index in [1.165, 1.54) is 7.05 Å². The van der Waals surface area contributed by atoms with Crippen LogP contribution in [-0.4, -0.2) is 32.6 Å². The van der Waals surface area contributed by atoms with Gasteiger partial charge in [-0.3, -0.25) is 4.79 Å². The second kappa shape index (κ2) is 5.28. The predicted octanol–water partition coefficient (Wildman–Crippen LogP) is -0.461. The molecule has 0 fully saturated rings. The fourth-order valence-corrected chi connectivity index (χ4v) is 1.61. The molecule has 7 heteroatoms. The molecule has 0 aromatic heterocycles. The summed E-state index contributed by atoms with van der Waals surface area (Å²) < 4.78 is 26.1. The summed E-state index contributed by atoms with van der Waals surface area (Å²) in [6.07, 6.45) is 0.260. The van der Waals surface area contributed by atoms with E-state index in [0.717, 1.165) is 0 Å². The molecule has 0 spiro atoms. The Morgan fingerprint density at radius 2 is 1.93 bits per heavy atom. The lowest BCUT2D eigenvalue weighted by molar-refractivity contribution is -0.139. The van der Waals surface area contributed by atoms with Crippen molar-refractivity contribution in [2.45, 2.75) is 26.3 Å². The van der Waals surface area contributed by atoms with E-state index in [1.807, 2.05) is 23.3 Å². The molecule has 0 heterocycles. The molecule has 0 aromatic rings. The topological polar surface area (TPSA) is 95.5 Å². The highest BCUT2D eigenvalue weighted by Crippen LogP contribution is 2.05. The van der Waals surface area contributed by atoms with Crippen LogP contribution in [-0.2, 0) is 15.0 Å². The number of carbonyl (C=O) groups is 1. The Bertz CT molecular complexity index is 286. The van der Waals surface area contributed by atoms with Crippen molar-refractivity contribution in [2.75, 3.05) is 7.05 Å². The molecule has 0 radical (unpaired) electrons. The van der Waals surface area contributed by atoms with E-state index < -0.39 is 22.2 Å². The largest absolute Gasteiger partial charge is 0.480 e. The fraction of sp³-hybridized carbons (Fsp3) is 0.857. The average Bonchev–Trinajstić information content (AvgIpc) is 2.02. The number of nitrogens with one attached hydrogen (secondary N) is 2. The highest BCUT2D eigenvalue weighted by Gasteiger charge is 2.23. The molecule has 6 nitrogen and oxygen atoms in total. The standard InChI is InChI=1S/C7H16N2O4S/c1-5(2)4-6(7(10)11)9-14(12,13)8-3/h5-6,8-9H,4H2,1-3H3,(H,10,11). The van der Waals surface area contributed by atoms with Gasteiger partial charge in [-0.25, -0.2) is 4.72 Å². The number of hydrogen-bond donors (Lipinski definition) is 3. The van der Waals surface area contributed by atoms with E-state index in [9.17, 15) is 13.2 Å². The molecule has 0 aliphatic heterocycles. The van der Waals surface area contributed by atoms with Crippen molar-refractivity contribution in [1.82, 2.24) is 9.44 Å². The van der Waals surface area contributed by atoms with Gasteiger partial charge < -0.3 is 5.11 Å². The molecule has 0 saturated heterocycles. The molecule has 0 rings (SSSR count). The summed E-state index contributed by atoms with van der Waals surface area (Å²) in [5.41, 5.74) is 0. The number of carboxylic acid groups (broad SMARTS) is 1. The van der Waals surface area contributed by atoms with Crippen LogP contribution in [0.15, 0.2) is 0 Å². The number of aliphatic carboxylic acids is 1. The summed E-state index contributed by atoms with van der Waals surface area (Å²) in [7, 11) is -2.47. The molecule has 3 N–H and O–H groups in total. The Hall–Kier alpha value is -0.660. The van der Waals surface area contributed by atoms with Gasteiger partial charge in [0.25, 0.3) is 10.2 Å². The van der Waals surface area contributed by atoms with Crippen LogP contribution in [0.25, 0.3) is 0 Å². The van der Waals surface area contributed by atoms with E-state index in [0.29, 0.717) is 0 Å². The van der Waals surface area contributed by atoms with Crippen LogP contribution in [0.1, 0.15) is 20.3 Å². The summed E-state index contributed by atoms with van der Waals surface area (Å²) in [6, 6.07) is -1.08. The zero-order valence-corrected chi connectivity index (χ0v) is 9.26. The van der Waals surface area contributed by atoms with E-state index in [2.05, 4.69) is 0 Å². The van der Waals surface area contributed by atoms with E-state index in [1.54, 1.807) is 0 Å². The molecule has 0 bridgehead atoms. The van der Waals surface area contributed by atoms with Gasteiger partial charge >= 0.3 is 5.97 Å². The monoisotopic (exact) mass is 224 g/mol. The van der Waals surface area contributed by atoms with Gasteiger partial charge in [0.2, 0.25) is 0 Å². The van der Waals surface area contributed by atoms with Gasteiger partial charge in [0, 0.05) is 7.05 Å². The number of rotatable bonds is 6. The molecule has 0 amide bonds. The van der Waals surface area contributed by atoms with Crippen LogP contribution < -0.4 is 9.44 Å². The Morgan fingerprint density at radius 3 is 2.21 bits per heavy atom. The summed E-state index contributed by atoms with van der Waals surface area (Å²) in [5, 5.41) is 8.73. The Kier molecular flexibility index (Phi) is 5.03. The minimum Gasteiger partial charge on any atom is -0.480 e.